The van der Waals surface area contributed by atoms with Crippen molar-refractivity contribution in [1.29, 1.82) is 5.26 Å². The Hall–Kier alpha value is -2.65. The molecule has 0 N–H and O–H groups in total. The second kappa shape index (κ2) is 8.12. The number of aromatic nitrogens is 2. The zero-order valence-corrected chi connectivity index (χ0v) is 18.6. The van der Waals surface area contributed by atoms with Crippen LogP contribution in [-0.4, -0.2) is 40.6 Å². The maximum absolute atomic E-state index is 13.3. The maximum atomic E-state index is 13.3. The first-order valence-electron chi connectivity index (χ1n) is 11.6. The molecule has 0 aromatic carbocycles. The van der Waals surface area contributed by atoms with Crippen molar-refractivity contribution in [3.8, 4) is 6.07 Å². The molecular formula is C25H31N5O. The summed E-state index contributed by atoms with van der Waals surface area (Å²) in [6.07, 6.45) is 4.94. The zero-order chi connectivity index (χ0) is 21.5. The van der Waals surface area contributed by atoms with Gasteiger partial charge in [-0.1, -0.05) is 12.5 Å². The van der Waals surface area contributed by atoms with Gasteiger partial charge in [-0.05, 0) is 69.8 Å². The Morgan fingerprint density at radius 3 is 2.68 bits per heavy atom. The quantitative estimate of drug-likeness (QED) is 0.766. The highest BCUT2D eigenvalue weighted by molar-refractivity contribution is 5.51. The predicted octanol–water partition coefficient (Wildman–Crippen LogP) is 3.34. The molecule has 0 spiro atoms. The summed E-state index contributed by atoms with van der Waals surface area (Å²) >= 11 is 0. The van der Waals surface area contributed by atoms with Crippen molar-refractivity contribution in [3.05, 3.63) is 56.6 Å². The lowest BCUT2D eigenvalue weighted by Crippen LogP contribution is -2.48. The minimum Gasteiger partial charge on any atom is -0.356 e. The Balaban J connectivity index is 1.40. The highest BCUT2D eigenvalue weighted by Gasteiger charge is 2.35. The monoisotopic (exact) mass is 417 g/mol. The summed E-state index contributed by atoms with van der Waals surface area (Å²) in [5.74, 6) is 1.76. The molecule has 0 amide bonds. The lowest BCUT2D eigenvalue weighted by molar-refractivity contribution is 0.218. The number of nitriles is 1. The number of hydrogen-bond donors (Lipinski definition) is 0. The average Bonchev–Trinajstić information content (AvgIpc) is 2.76. The van der Waals surface area contributed by atoms with Gasteiger partial charge >= 0.3 is 0 Å². The molecule has 162 valence electrons. The van der Waals surface area contributed by atoms with E-state index >= 15 is 0 Å². The molecular weight excluding hydrogens is 386 g/mol. The minimum absolute atomic E-state index is 0.217. The number of piperidine rings is 2. The topological polar surface area (TPSA) is 65.2 Å². The summed E-state index contributed by atoms with van der Waals surface area (Å²) in [4.78, 5) is 22.8. The molecule has 2 aromatic heterocycles. The van der Waals surface area contributed by atoms with E-state index < -0.39 is 0 Å². The fourth-order valence-electron chi connectivity index (χ4n) is 5.80. The fraction of sp³-hybridized carbons (Fsp3) is 0.560. The first-order valence-corrected chi connectivity index (χ1v) is 11.6. The van der Waals surface area contributed by atoms with E-state index in [1.54, 1.807) is 0 Å². The Bertz CT molecular complexity index is 1070. The van der Waals surface area contributed by atoms with Gasteiger partial charge in [0.25, 0.3) is 5.56 Å². The third-order valence-corrected chi connectivity index (χ3v) is 7.35. The molecule has 0 saturated carbocycles. The summed E-state index contributed by atoms with van der Waals surface area (Å²) in [7, 11) is 0. The first kappa shape index (κ1) is 20.3. The molecule has 0 unspecified atom stereocenters. The number of nitrogens with zero attached hydrogens (tertiary/aromatic N) is 5. The van der Waals surface area contributed by atoms with Gasteiger partial charge < -0.3 is 9.47 Å². The van der Waals surface area contributed by atoms with Crippen molar-refractivity contribution in [2.24, 2.45) is 5.92 Å². The van der Waals surface area contributed by atoms with E-state index in [-0.39, 0.29) is 5.56 Å². The second-order valence-electron chi connectivity index (χ2n) is 9.61. The number of pyridine rings is 2. The van der Waals surface area contributed by atoms with E-state index in [0.717, 1.165) is 68.3 Å². The molecule has 2 bridgehead atoms. The van der Waals surface area contributed by atoms with Gasteiger partial charge in [-0.15, -0.1) is 0 Å². The molecule has 3 aliphatic heterocycles. The van der Waals surface area contributed by atoms with Crippen LogP contribution in [0.25, 0.3) is 0 Å². The van der Waals surface area contributed by atoms with Gasteiger partial charge in [0, 0.05) is 43.4 Å². The number of hydrogen-bond acceptors (Lipinski definition) is 5. The molecule has 0 radical (unpaired) electrons. The molecule has 2 atom stereocenters. The number of likely N-dealkylation sites (tertiary alicyclic amines) is 1. The van der Waals surface area contributed by atoms with Crippen LogP contribution in [0, 0.1) is 31.1 Å². The van der Waals surface area contributed by atoms with E-state index in [1.165, 1.54) is 25.0 Å². The normalized spacial score (nSPS) is 23.3. The molecule has 5 rings (SSSR count). The van der Waals surface area contributed by atoms with Crippen LogP contribution in [-0.2, 0) is 13.1 Å². The van der Waals surface area contributed by atoms with Gasteiger partial charge in [-0.25, -0.2) is 4.98 Å². The molecule has 0 aliphatic carbocycles. The zero-order valence-electron chi connectivity index (χ0n) is 18.6. The van der Waals surface area contributed by atoms with Crippen LogP contribution in [0.3, 0.4) is 0 Å². The summed E-state index contributed by atoms with van der Waals surface area (Å²) in [5, 5.41) is 9.35. The van der Waals surface area contributed by atoms with Crippen LogP contribution in [0.5, 0.6) is 0 Å². The van der Waals surface area contributed by atoms with Crippen molar-refractivity contribution in [2.45, 2.75) is 58.5 Å². The Kier molecular flexibility index (Phi) is 5.31. The van der Waals surface area contributed by atoms with Crippen LogP contribution in [0.4, 0.5) is 5.82 Å². The van der Waals surface area contributed by atoms with Crippen molar-refractivity contribution >= 4 is 5.82 Å². The molecule has 6 nitrogen and oxygen atoms in total. The Morgan fingerprint density at radius 2 is 1.94 bits per heavy atom. The number of rotatable bonds is 3. The van der Waals surface area contributed by atoms with E-state index in [1.807, 2.05) is 19.9 Å². The van der Waals surface area contributed by atoms with Crippen molar-refractivity contribution in [3.63, 3.8) is 0 Å². The molecule has 5 heterocycles. The molecule has 2 saturated heterocycles. The number of aryl methyl sites for hydroxylation is 2. The van der Waals surface area contributed by atoms with Crippen LogP contribution in [0.2, 0.25) is 0 Å². The van der Waals surface area contributed by atoms with E-state index in [0.29, 0.717) is 17.4 Å². The second-order valence-corrected chi connectivity index (χ2v) is 9.61. The molecule has 2 fully saturated rings. The molecule has 2 aromatic rings. The van der Waals surface area contributed by atoms with Gasteiger partial charge in [0.05, 0.1) is 11.3 Å². The lowest BCUT2D eigenvalue weighted by Gasteiger charge is -2.43. The standard InChI is InChI=1S/C25H31N5O/c1-17-10-24(27-18(2)22(17)12-26)29-13-19-11-21(16-29)23-7-6-20(25(31)30(23)14-19)15-28-8-4-3-5-9-28/h6-7,10,19,21H,3-5,8-9,11,13-16H2,1-2H3/t19-,21+/m0/s1. The average molecular weight is 418 g/mol. The van der Waals surface area contributed by atoms with E-state index in [2.05, 4.69) is 32.6 Å². The number of fused-ring (bicyclic) bond motifs is 4. The molecule has 6 heteroatoms. The van der Waals surface area contributed by atoms with Crippen molar-refractivity contribution in [1.82, 2.24) is 14.5 Å². The fourth-order valence-corrected chi connectivity index (χ4v) is 5.80. The highest BCUT2D eigenvalue weighted by atomic mass is 16.1. The third-order valence-electron chi connectivity index (χ3n) is 7.35. The SMILES string of the molecule is Cc1cc(N2C[C@@H]3C[C@H](C2)c2ccc(CN4CCCCC4)c(=O)n2C3)nc(C)c1C#N. The van der Waals surface area contributed by atoms with Crippen LogP contribution >= 0.6 is 0 Å². The van der Waals surface area contributed by atoms with E-state index in [4.69, 9.17) is 4.98 Å². The van der Waals surface area contributed by atoms with Crippen LogP contribution in [0.15, 0.2) is 23.0 Å². The number of anilines is 1. The summed E-state index contributed by atoms with van der Waals surface area (Å²) < 4.78 is 2.07. The van der Waals surface area contributed by atoms with Gasteiger partial charge in [0.1, 0.15) is 11.9 Å². The smallest absolute Gasteiger partial charge is 0.255 e. The van der Waals surface area contributed by atoms with Crippen molar-refractivity contribution in [2.75, 3.05) is 31.1 Å². The molecule has 3 aliphatic rings. The predicted molar refractivity (Wildman–Crippen MR) is 121 cm³/mol. The van der Waals surface area contributed by atoms with Crippen molar-refractivity contribution < 1.29 is 0 Å². The lowest BCUT2D eigenvalue weighted by atomic mass is 9.83. The van der Waals surface area contributed by atoms with Gasteiger partial charge in [-0.3, -0.25) is 9.69 Å². The maximum Gasteiger partial charge on any atom is 0.255 e. The Morgan fingerprint density at radius 1 is 1.13 bits per heavy atom. The highest BCUT2D eigenvalue weighted by Crippen LogP contribution is 2.37. The summed E-state index contributed by atoms with van der Waals surface area (Å²) in [6.45, 7) is 9.49. The third kappa shape index (κ3) is 3.76. The summed E-state index contributed by atoms with van der Waals surface area (Å²) in [5.41, 5.74) is 4.80. The molecule has 31 heavy (non-hydrogen) atoms. The summed E-state index contributed by atoms with van der Waals surface area (Å²) in [6, 6.07) is 8.59. The Labute approximate surface area is 184 Å². The minimum atomic E-state index is 0.217. The van der Waals surface area contributed by atoms with Gasteiger partial charge in [-0.2, -0.15) is 5.26 Å². The largest absolute Gasteiger partial charge is 0.356 e. The van der Waals surface area contributed by atoms with Crippen LogP contribution < -0.4 is 10.5 Å². The van der Waals surface area contributed by atoms with E-state index in [9.17, 15) is 10.1 Å². The van der Waals surface area contributed by atoms with Gasteiger partial charge in [0.15, 0.2) is 0 Å². The van der Waals surface area contributed by atoms with Gasteiger partial charge in [0.2, 0.25) is 0 Å². The van der Waals surface area contributed by atoms with Crippen LogP contribution in [0.1, 0.15) is 59.7 Å². The first-order chi connectivity index (χ1) is 15.0.